The average molecular weight is 303 g/mol. The van der Waals surface area contributed by atoms with Crippen molar-refractivity contribution >= 4 is 0 Å². The molecule has 0 saturated carbocycles. The van der Waals surface area contributed by atoms with Gasteiger partial charge in [-0.1, -0.05) is 18.2 Å². The SMILES string of the molecule is CN(C)CCCN(C)CC(N)c1ccccc1C(F)(F)F. The maximum atomic E-state index is 13.0. The zero-order valence-corrected chi connectivity index (χ0v) is 12.8. The van der Waals surface area contributed by atoms with Gasteiger partial charge in [-0.2, -0.15) is 13.2 Å². The van der Waals surface area contributed by atoms with Gasteiger partial charge in [0, 0.05) is 12.6 Å². The zero-order valence-electron chi connectivity index (χ0n) is 12.8. The lowest BCUT2D eigenvalue weighted by Gasteiger charge is -2.24. The first-order chi connectivity index (χ1) is 9.71. The van der Waals surface area contributed by atoms with Gasteiger partial charge in [0.15, 0.2) is 0 Å². The van der Waals surface area contributed by atoms with E-state index in [2.05, 4.69) is 4.90 Å². The fourth-order valence-corrected chi connectivity index (χ4v) is 2.26. The van der Waals surface area contributed by atoms with Crippen LogP contribution in [0, 0.1) is 0 Å². The number of hydrogen-bond donors (Lipinski definition) is 1. The van der Waals surface area contributed by atoms with Gasteiger partial charge < -0.3 is 15.5 Å². The Labute approximate surface area is 124 Å². The minimum Gasteiger partial charge on any atom is -0.323 e. The summed E-state index contributed by atoms with van der Waals surface area (Å²) < 4.78 is 38.9. The van der Waals surface area contributed by atoms with E-state index in [1.54, 1.807) is 6.07 Å². The second kappa shape index (κ2) is 7.77. The summed E-state index contributed by atoms with van der Waals surface area (Å²) in [4.78, 5) is 4.05. The lowest BCUT2D eigenvalue weighted by Crippen LogP contribution is -2.32. The molecule has 6 heteroatoms. The largest absolute Gasteiger partial charge is 0.416 e. The van der Waals surface area contributed by atoms with E-state index in [1.165, 1.54) is 12.1 Å². The number of halogens is 3. The average Bonchev–Trinajstić information content (AvgIpc) is 2.37. The van der Waals surface area contributed by atoms with Gasteiger partial charge in [-0.15, -0.1) is 0 Å². The third-order valence-electron chi connectivity index (χ3n) is 3.32. The number of nitrogens with two attached hydrogens (primary N) is 1. The molecule has 1 aromatic rings. The predicted octanol–water partition coefficient (Wildman–Crippen LogP) is 2.59. The lowest BCUT2D eigenvalue weighted by atomic mass is 10.00. The standard InChI is InChI=1S/C15H24F3N3/c1-20(2)9-6-10-21(3)11-14(19)12-7-4-5-8-13(12)15(16,17)18/h4-5,7-8,14H,6,9-11,19H2,1-3H3. The van der Waals surface area contributed by atoms with Crippen molar-refractivity contribution in [2.75, 3.05) is 40.8 Å². The molecule has 1 rings (SSSR count). The fraction of sp³-hybridized carbons (Fsp3) is 0.600. The van der Waals surface area contributed by atoms with E-state index in [4.69, 9.17) is 5.73 Å². The van der Waals surface area contributed by atoms with Gasteiger partial charge in [0.2, 0.25) is 0 Å². The van der Waals surface area contributed by atoms with Crippen LogP contribution in [-0.2, 0) is 6.18 Å². The molecule has 2 N–H and O–H groups in total. The van der Waals surface area contributed by atoms with Crippen molar-refractivity contribution in [2.45, 2.75) is 18.6 Å². The van der Waals surface area contributed by atoms with Crippen molar-refractivity contribution in [1.29, 1.82) is 0 Å². The van der Waals surface area contributed by atoms with E-state index < -0.39 is 17.8 Å². The highest BCUT2D eigenvalue weighted by Crippen LogP contribution is 2.34. The summed E-state index contributed by atoms with van der Waals surface area (Å²) in [6, 6.07) is 4.88. The second-order valence-electron chi connectivity index (χ2n) is 5.61. The van der Waals surface area contributed by atoms with Crippen molar-refractivity contribution in [3.05, 3.63) is 35.4 Å². The first kappa shape index (κ1) is 17.9. The smallest absolute Gasteiger partial charge is 0.323 e. The highest BCUT2D eigenvalue weighted by Gasteiger charge is 2.34. The molecule has 0 radical (unpaired) electrons. The number of alkyl halides is 3. The number of nitrogens with zero attached hydrogens (tertiary/aromatic N) is 2. The minimum atomic E-state index is -4.36. The Morgan fingerprint density at radius 1 is 1.10 bits per heavy atom. The first-order valence-corrected chi connectivity index (χ1v) is 6.96. The molecule has 0 aliphatic carbocycles. The molecule has 1 aromatic carbocycles. The van der Waals surface area contributed by atoms with E-state index in [0.29, 0.717) is 6.54 Å². The topological polar surface area (TPSA) is 32.5 Å². The third kappa shape index (κ3) is 6.03. The molecule has 21 heavy (non-hydrogen) atoms. The molecular weight excluding hydrogens is 279 g/mol. The molecular formula is C15H24F3N3. The van der Waals surface area contributed by atoms with E-state index in [-0.39, 0.29) is 5.56 Å². The minimum absolute atomic E-state index is 0.157. The van der Waals surface area contributed by atoms with Crippen LogP contribution in [0.1, 0.15) is 23.6 Å². The quantitative estimate of drug-likeness (QED) is 0.840. The molecule has 0 heterocycles. The van der Waals surface area contributed by atoms with E-state index in [9.17, 15) is 13.2 Å². The molecule has 0 saturated heterocycles. The van der Waals surface area contributed by atoms with Crippen LogP contribution in [-0.4, -0.2) is 50.6 Å². The van der Waals surface area contributed by atoms with Crippen LogP contribution in [0.2, 0.25) is 0 Å². The monoisotopic (exact) mass is 303 g/mol. The van der Waals surface area contributed by atoms with Gasteiger partial charge in [0.05, 0.1) is 5.56 Å². The summed E-state index contributed by atoms with van der Waals surface area (Å²) in [5.41, 5.74) is 5.49. The predicted molar refractivity (Wildman–Crippen MR) is 79.0 cm³/mol. The molecule has 120 valence electrons. The Kier molecular flexibility index (Phi) is 6.64. The summed E-state index contributed by atoms with van der Waals surface area (Å²) in [6.07, 6.45) is -3.41. The number of likely N-dealkylation sites (N-methyl/N-ethyl adjacent to an activating group) is 1. The fourth-order valence-electron chi connectivity index (χ4n) is 2.26. The Bertz CT molecular complexity index is 432. The van der Waals surface area contributed by atoms with Crippen molar-refractivity contribution in [2.24, 2.45) is 5.73 Å². The molecule has 0 amide bonds. The highest BCUT2D eigenvalue weighted by molar-refractivity contribution is 5.32. The summed E-state index contributed by atoms with van der Waals surface area (Å²) in [6.45, 7) is 2.15. The van der Waals surface area contributed by atoms with Crippen LogP contribution >= 0.6 is 0 Å². The second-order valence-corrected chi connectivity index (χ2v) is 5.61. The van der Waals surface area contributed by atoms with Crippen molar-refractivity contribution < 1.29 is 13.2 Å². The maximum Gasteiger partial charge on any atom is 0.416 e. The van der Waals surface area contributed by atoms with Crippen LogP contribution in [0.25, 0.3) is 0 Å². The molecule has 1 atom stereocenters. The van der Waals surface area contributed by atoms with Gasteiger partial charge in [-0.05, 0) is 52.3 Å². The van der Waals surface area contributed by atoms with Crippen LogP contribution < -0.4 is 5.73 Å². The number of rotatable bonds is 7. The molecule has 1 unspecified atom stereocenters. The Balaban J connectivity index is 2.65. The van der Waals surface area contributed by atoms with Gasteiger partial charge in [0.25, 0.3) is 0 Å². The third-order valence-corrected chi connectivity index (χ3v) is 3.32. The molecule has 0 aliphatic heterocycles. The van der Waals surface area contributed by atoms with Crippen molar-refractivity contribution in [1.82, 2.24) is 9.80 Å². The van der Waals surface area contributed by atoms with Crippen LogP contribution in [0.4, 0.5) is 13.2 Å². The molecule has 0 fully saturated rings. The van der Waals surface area contributed by atoms with Crippen LogP contribution in [0.3, 0.4) is 0 Å². The molecule has 3 nitrogen and oxygen atoms in total. The first-order valence-electron chi connectivity index (χ1n) is 6.96. The molecule has 0 aromatic heterocycles. The number of hydrogen-bond acceptors (Lipinski definition) is 3. The van der Waals surface area contributed by atoms with Gasteiger partial charge >= 0.3 is 6.18 Å². The number of benzene rings is 1. The van der Waals surface area contributed by atoms with Crippen LogP contribution in [0.5, 0.6) is 0 Å². The Hall–Kier alpha value is -1.11. The molecule has 0 bridgehead atoms. The van der Waals surface area contributed by atoms with Gasteiger partial charge in [-0.3, -0.25) is 0 Å². The molecule has 0 aliphatic rings. The maximum absolute atomic E-state index is 13.0. The summed E-state index contributed by atoms with van der Waals surface area (Å²) in [7, 11) is 5.86. The zero-order chi connectivity index (χ0) is 16.0. The Morgan fingerprint density at radius 2 is 1.71 bits per heavy atom. The van der Waals surface area contributed by atoms with Gasteiger partial charge in [0.1, 0.15) is 0 Å². The van der Waals surface area contributed by atoms with Crippen LogP contribution in [0.15, 0.2) is 24.3 Å². The molecule has 0 spiro atoms. The van der Waals surface area contributed by atoms with E-state index >= 15 is 0 Å². The normalized spacial score (nSPS) is 14.0. The summed E-state index contributed by atoms with van der Waals surface area (Å²) in [5.74, 6) is 0. The van der Waals surface area contributed by atoms with E-state index in [0.717, 1.165) is 25.6 Å². The van der Waals surface area contributed by atoms with E-state index in [1.807, 2.05) is 26.0 Å². The Morgan fingerprint density at radius 3 is 2.29 bits per heavy atom. The van der Waals surface area contributed by atoms with Crippen molar-refractivity contribution in [3.63, 3.8) is 0 Å². The van der Waals surface area contributed by atoms with Gasteiger partial charge in [-0.25, -0.2) is 0 Å². The van der Waals surface area contributed by atoms with Crippen molar-refractivity contribution in [3.8, 4) is 0 Å². The lowest BCUT2D eigenvalue weighted by molar-refractivity contribution is -0.138. The summed E-state index contributed by atoms with van der Waals surface area (Å²) >= 11 is 0. The summed E-state index contributed by atoms with van der Waals surface area (Å²) in [5, 5.41) is 0. The highest BCUT2D eigenvalue weighted by atomic mass is 19.4.